The first kappa shape index (κ1) is 28.9. The van der Waals surface area contributed by atoms with Gasteiger partial charge in [0.1, 0.15) is 12.0 Å². The molecule has 0 spiro atoms. The molecule has 1 N–H and O–H groups in total. The van der Waals surface area contributed by atoms with Crippen molar-refractivity contribution in [2.75, 3.05) is 18.5 Å². The van der Waals surface area contributed by atoms with Crippen LogP contribution < -0.4 is 10.1 Å². The first-order valence-corrected chi connectivity index (χ1v) is 13.6. The summed E-state index contributed by atoms with van der Waals surface area (Å²) in [4.78, 5) is 32.1. The summed E-state index contributed by atoms with van der Waals surface area (Å²) in [5.74, 6) is 1.16. The number of nitrogens with one attached hydrogen (secondary N) is 1. The highest BCUT2D eigenvalue weighted by molar-refractivity contribution is 5.97. The van der Waals surface area contributed by atoms with Crippen molar-refractivity contribution in [2.45, 2.75) is 58.7 Å². The zero-order chi connectivity index (χ0) is 28.3. The molecule has 9 heteroatoms. The molecule has 0 amide bonds. The van der Waals surface area contributed by atoms with Gasteiger partial charge in [-0.25, -0.2) is 14.4 Å². The number of hydrogen-bond donors (Lipinski definition) is 1. The molecule has 210 valence electrons. The molecule has 0 aliphatic carbocycles. The number of nitrogens with zero attached hydrogens (tertiary/aromatic N) is 3. The molecule has 0 aliphatic rings. The lowest BCUT2D eigenvalue weighted by Crippen LogP contribution is -2.05. The molecule has 2 heterocycles. The van der Waals surface area contributed by atoms with Gasteiger partial charge in [-0.2, -0.15) is 0 Å². The molecule has 4 rings (SSSR count). The van der Waals surface area contributed by atoms with Gasteiger partial charge in [0, 0.05) is 62.2 Å². The zero-order valence-electron chi connectivity index (χ0n) is 22.9. The van der Waals surface area contributed by atoms with Gasteiger partial charge in [0.05, 0.1) is 11.9 Å². The van der Waals surface area contributed by atoms with Crippen molar-refractivity contribution in [3.63, 3.8) is 0 Å². The Morgan fingerprint density at radius 2 is 1.85 bits per heavy atom. The Labute approximate surface area is 233 Å². The third-order valence-electron chi connectivity index (χ3n) is 6.47. The molecule has 0 bridgehead atoms. The van der Waals surface area contributed by atoms with Gasteiger partial charge in [-0.05, 0) is 80.6 Å². The summed E-state index contributed by atoms with van der Waals surface area (Å²) in [6.45, 7) is 4.55. The van der Waals surface area contributed by atoms with Crippen LogP contribution in [0.4, 0.5) is 15.9 Å². The minimum atomic E-state index is -1.38. The molecule has 0 saturated heterocycles. The molecule has 4 aromatic rings. The molecule has 1 unspecified atom stereocenters. The number of imidazole rings is 1. The number of aromatic nitrogens is 3. The van der Waals surface area contributed by atoms with Crippen LogP contribution >= 0.6 is 0 Å². The Bertz CT molecular complexity index is 1420. The highest BCUT2D eigenvalue weighted by Crippen LogP contribution is 2.28. The van der Waals surface area contributed by atoms with E-state index in [0.717, 1.165) is 54.5 Å². The van der Waals surface area contributed by atoms with Crippen LogP contribution in [0, 0.1) is 6.92 Å². The average molecular weight is 547 g/mol. The molecule has 1 atom stereocenters. The van der Waals surface area contributed by atoms with Crippen molar-refractivity contribution in [3.05, 3.63) is 72.2 Å². The van der Waals surface area contributed by atoms with Crippen molar-refractivity contribution in [1.29, 1.82) is 0 Å². The molecule has 40 heavy (non-hydrogen) atoms. The molecule has 2 aromatic carbocycles. The highest BCUT2D eigenvalue weighted by Gasteiger charge is 2.13. The monoisotopic (exact) mass is 546 g/mol. The number of aryl methyl sites for hydroxylation is 1. The van der Waals surface area contributed by atoms with Crippen molar-refractivity contribution < 1.29 is 23.5 Å². The van der Waals surface area contributed by atoms with Crippen molar-refractivity contribution in [3.8, 4) is 17.0 Å². The van der Waals surface area contributed by atoms with Gasteiger partial charge in [-0.3, -0.25) is 9.20 Å². The summed E-state index contributed by atoms with van der Waals surface area (Å²) in [5, 5.41) is 3.33. The molecular weight excluding hydrogens is 511 g/mol. The third-order valence-corrected chi connectivity index (χ3v) is 6.47. The van der Waals surface area contributed by atoms with Gasteiger partial charge in [0.25, 0.3) is 0 Å². The van der Waals surface area contributed by atoms with Crippen LogP contribution in [0.15, 0.2) is 61.1 Å². The maximum atomic E-state index is 13.1. The van der Waals surface area contributed by atoms with E-state index in [0.29, 0.717) is 48.8 Å². The second-order valence-corrected chi connectivity index (χ2v) is 9.61. The van der Waals surface area contributed by atoms with Gasteiger partial charge in [-0.1, -0.05) is 0 Å². The minimum Gasteiger partial charge on any atom is -0.461 e. The summed E-state index contributed by atoms with van der Waals surface area (Å²) < 4.78 is 25.7. The minimum absolute atomic E-state index is 0.116. The fraction of sp³-hybridized carbons (Fsp3) is 0.355. The average Bonchev–Trinajstić information content (AvgIpc) is 3.37. The lowest BCUT2D eigenvalue weighted by atomic mass is 10.0. The van der Waals surface area contributed by atoms with E-state index in [1.54, 1.807) is 24.5 Å². The van der Waals surface area contributed by atoms with Crippen LogP contribution in [0.5, 0.6) is 5.75 Å². The predicted molar refractivity (Wildman–Crippen MR) is 153 cm³/mol. The van der Waals surface area contributed by atoms with Crippen molar-refractivity contribution >= 4 is 29.2 Å². The number of anilines is 2. The summed E-state index contributed by atoms with van der Waals surface area (Å²) in [7, 11) is 0. The lowest BCUT2D eigenvalue weighted by Gasteiger charge is -2.11. The largest absolute Gasteiger partial charge is 0.461 e. The van der Waals surface area contributed by atoms with E-state index < -0.39 is 6.36 Å². The molecule has 0 fully saturated rings. The fourth-order valence-electron chi connectivity index (χ4n) is 4.46. The number of rotatable bonds is 16. The lowest BCUT2D eigenvalue weighted by molar-refractivity contribution is -0.108. The van der Waals surface area contributed by atoms with E-state index in [2.05, 4.69) is 15.3 Å². The van der Waals surface area contributed by atoms with Crippen LogP contribution in [0.25, 0.3) is 16.9 Å². The number of ketones is 1. The Morgan fingerprint density at radius 3 is 2.58 bits per heavy atom. The number of benzene rings is 2. The topological polar surface area (TPSA) is 94.8 Å². The number of unbranched alkanes of at least 4 members (excludes halogenated alkanes) is 3. The number of ether oxygens (including phenoxy) is 2. The van der Waals surface area contributed by atoms with Gasteiger partial charge in [0.2, 0.25) is 6.36 Å². The third kappa shape index (κ3) is 7.72. The number of aldehydes is 1. The molecule has 0 aliphatic heterocycles. The van der Waals surface area contributed by atoms with E-state index in [9.17, 15) is 14.0 Å². The maximum Gasteiger partial charge on any atom is 0.235 e. The second-order valence-electron chi connectivity index (χ2n) is 9.61. The van der Waals surface area contributed by atoms with Crippen LogP contribution in [0.3, 0.4) is 0 Å². The Kier molecular flexibility index (Phi) is 10.3. The predicted octanol–water partition coefficient (Wildman–Crippen LogP) is 6.88. The molecule has 0 saturated carbocycles. The van der Waals surface area contributed by atoms with Crippen LogP contribution in [-0.4, -0.2) is 46.0 Å². The number of carbonyl (C=O) groups is 2. The second kappa shape index (κ2) is 14.3. The van der Waals surface area contributed by atoms with Gasteiger partial charge in [-0.15, -0.1) is 0 Å². The standard InChI is InChI=1S/C31H35FN4O4/c1-22-20-25(11-14-27(22)29(38)8-4-7-19-39-18-6-3-5-17-37)35-30-31-34-21-28(36(31)16-15-33-30)24-9-12-26(13-10-24)40-23(2)32/h9-17,20-21,23H,3-8,18-19H2,1-2H3,(H,33,35). The Hall–Kier alpha value is -4.11. The summed E-state index contributed by atoms with van der Waals surface area (Å²) >= 11 is 0. The van der Waals surface area contributed by atoms with Gasteiger partial charge in [0.15, 0.2) is 17.2 Å². The molecular formula is C31H35FN4O4. The normalized spacial score (nSPS) is 11.9. The van der Waals surface area contributed by atoms with E-state index in [1.807, 2.05) is 47.9 Å². The number of fused-ring (bicyclic) bond motifs is 1. The number of alkyl halides is 1. The number of halogens is 1. The SMILES string of the molecule is Cc1cc(Nc2nccn3c(-c4ccc(OC(C)F)cc4)cnc23)ccc1C(=O)CCCCOCCCCC=O. The zero-order valence-corrected chi connectivity index (χ0v) is 22.9. The maximum absolute atomic E-state index is 13.1. The summed E-state index contributed by atoms with van der Waals surface area (Å²) in [5.41, 5.74) is 4.83. The summed E-state index contributed by atoms with van der Waals surface area (Å²) in [6, 6.07) is 12.8. The molecule has 0 radical (unpaired) electrons. The Balaban J connectivity index is 1.35. The fourth-order valence-corrected chi connectivity index (χ4v) is 4.46. The van der Waals surface area contributed by atoms with E-state index in [-0.39, 0.29) is 5.78 Å². The van der Waals surface area contributed by atoms with Gasteiger partial charge < -0.3 is 19.6 Å². The van der Waals surface area contributed by atoms with Crippen molar-refractivity contribution in [1.82, 2.24) is 14.4 Å². The van der Waals surface area contributed by atoms with Crippen LogP contribution in [0.1, 0.15) is 61.4 Å². The van der Waals surface area contributed by atoms with E-state index in [4.69, 9.17) is 9.47 Å². The van der Waals surface area contributed by atoms with Crippen LogP contribution in [0.2, 0.25) is 0 Å². The highest BCUT2D eigenvalue weighted by atomic mass is 19.1. The first-order chi connectivity index (χ1) is 19.5. The smallest absolute Gasteiger partial charge is 0.235 e. The quantitative estimate of drug-likeness (QED) is 0.0930. The number of carbonyl (C=O) groups excluding carboxylic acids is 2. The molecule has 2 aromatic heterocycles. The van der Waals surface area contributed by atoms with E-state index >= 15 is 0 Å². The van der Waals surface area contributed by atoms with Crippen molar-refractivity contribution in [2.24, 2.45) is 0 Å². The Morgan fingerprint density at radius 1 is 1.07 bits per heavy atom. The summed E-state index contributed by atoms with van der Waals surface area (Å²) in [6.07, 6.45) is 9.24. The first-order valence-electron chi connectivity index (χ1n) is 13.6. The number of hydrogen-bond acceptors (Lipinski definition) is 7. The van der Waals surface area contributed by atoms with Crippen LogP contribution in [-0.2, 0) is 9.53 Å². The van der Waals surface area contributed by atoms with E-state index in [1.165, 1.54) is 6.92 Å². The molecule has 8 nitrogen and oxygen atoms in total. The number of Topliss-reactive ketones (excluding diaryl/α,β-unsaturated/α-hetero) is 1. The van der Waals surface area contributed by atoms with Gasteiger partial charge >= 0.3 is 0 Å².